The van der Waals surface area contributed by atoms with E-state index in [0.29, 0.717) is 12.2 Å². The van der Waals surface area contributed by atoms with E-state index in [0.717, 1.165) is 31.7 Å². The molecular formula is C12H18FN3. The van der Waals surface area contributed by atoms with Crippen LogP contribution < -0.4 is 15.5 Å². The maximum Gasteiger partial charge on any atom is 0.148 e. The molecule has 0 fully saturated rings. The second-order valence-electron chi connectivity index (χ2n) is 4.16. The predicted octanol–water partition coefficient (Wildman–Crippen LogP) is 1.43. The summed E-state index contributed by atoms with van der Waals surface area (Å²) in [6.07, 6.45) is 1.03. The van der Waals surface area contributed by atoms with Gasteiger partial charge in [-0.25, -0.2) is 4.39 Å². The Hall–Kier alpha value is -1.29. The molecule has 0 bridgehead atoms. The van der Waals surface area contributed by atoms with Crippen LogP contribution in [0.3, 0.4) is 0 Å². The van der Waals surface area contributed by atoms with Crippen LogP contribution in [0.25, 0.3) is 0 Å². The Morgan fingerprint density at radius 3 is 2.94 bits per heavy atom. The molecular weight excluding hydrogens is 205 g/mol. The molecule has 0 unspecified atom stereocenters. The van der Waals surface area contributed by atoms with Crippen molar-refractivity contribution in [2.45, 2.75) is 6.42 Å². The topological polar surface area (TPSA) is 32.5 Å². The van der Waals surface area contributed by atoms with Crippen molar-refractivity contribution in [2.24, 2.45) is 5.73 Å². The summed E-state index contributed by atoms with van der Waals surface area (Å²) in [4.78, 5) is 4.16. The van der Waals surface area contributed by atoms with Crippen LogP contribution in [0, 0.1) is 5.82 Å². The van der Waals surface area contributed by atoms with Crippen molar-refractivity contribution in [3.05, 3.63) is 24.0 Å². The van der Waals surface area contributed by atoms with Crippen LogP contribution >= 0.6 is 0 Å². The molecule has 0 atom stereocenters. The molecule has 2 rings (SSSR count). The molecule has 0 radical (unpaired) electrons. The van der Waals surface area contributed by atoms with E-state index in [2.05, 4.69) is 4.90 Å². The smallest absolute Gasteiger partial charge is 0.148 e. The normalized spacial score (nSPS) is 15.9. The highest BCUT2D eigenvalue weighted by Gasteiger charge is 2.20. The Bertz CT molecular complexity index is 367. The van der Waals surface area contributed by atoms with Gasteiger partial charge in [0, 0.05) is 33.2 Å². The summed E-state index contributed by atoms with van der Waals surface area (Å²) in [6, 6.07) is 5.24. The first-order chi connectivity index (χ1) is 7.74. The second-order valence-corrected chi connectivity index (χ2v) is 4.16. The zero-order valence-corrected chi connectivity index (χ0v) is 9.62. The third-order valence-corrected chi connectivity index (χ3v) is 3.01. The summed E-state index contributed by atoms with van der Waals surface area (Å²) < 4.78 is 13.8. The highest BCUT2D eigenvalue weighted by molar-refractivity contribution is 5.72. The number of benzene rings is 1. The van der Waals surface area contributed by atoms with Gasteiger partial charge in [-0.1, -0.05) is 6.07 Å². The zero-order valence-electron chi connectivity index (χ0n) is 9.62. The van der Waals surface area contributed by atoms with E-state index in [-0.39, 0.29) is 5.82 Å². The summed E-state index contributed by atoms with van der Waals surface area (Å²) in [5.41, 5.74) is 7.26. The van der Waals surface area contributed by atoms with Crippen LogP contribution in [0.4, 0.5) is 15.8 Å². The van der Waals surface area contributed by atoms with Crippen LogP contribution in [-0.4, -0.2) is 33.2 Å². The second kappa shape index (κ2) is 4.70. The van der Waals surface area contributed by atoms with Gasteiger partial charge in [0.25, 0.3) is 0 Å². The third-order valence-electron chi connectivity index (χ3n) is 3.01. The number of anilines is 2. The monoisotopic (exact) mass is 223 g/mol. The first-order valence-corrected chi connectivity index (χ1v) is 5.68. The number of hydrogen-bond acceptors (Lipinski definition) is 3. The Labute approximate surface area is 95.6 Å². The van der Waals surface area contributed by atoms with Crippen molar-refractivity contribution >= 4 is 11.4 Å². The lowest BCUT2D eigenvalue weighted by Crippen LogP contribution is -2.29. The van der Waals surface area contributed by atoms with Crippen LogP contribution in [0.1, 0.15) is 6.42 Å². The summed E-state index contributed by atoms with van der Waals surface area (Å²) in [7, 11) is 1.94. The minimum Gasteiger partial charge on any atom is -0.370 e. The summed E-state index contributed by atoms with van der Waals surface area (Å²) in [5.74, 6) is -0.149. The van der Waals surface area contributed by atoms with Crippen molar-refractivity contribution < 1.29 is 4.39 Å². The molecule has 1 heterocycles. The summed E-state index contributed by atoms with van der Waals surface area (Å²) in [6.45, 7) is 3.21. The largest absolute Gasteiger partial charge is 0.370 e. The lowest BCUT2D eigenvalue weighted by molar-refractivity contribution is 0.623. The van der Waals surface area contributed by atoms with E-state index in [9.17, 15) is 4.39 Å². The summed E-state index contributed by atoms with van der Waals surface area (Å²) >= 11 is 0. The van der Waals surface area contributed by atoms with Gasteiger partial charge in [0.05, 0.1) is 11.4 Å². The first kappa shape index (κ1) is 11.2. The minimum atomic E-state index is -0.149. The third kappa shape index (κ3) is 1.97. The SMILES string of the molecule is CN1CCCN(CCN)c2cccc(F)c21. The maximum atomic E-state index is 13.8. The molecule has 2 N–H and O–H groups in total. The van der Waals surface area contributed by atoms with Gasteiger partial charge in [0.2, 0.25) is 0 Å². The molecule has 0 spiro atoms. The molecule has 1 aromatic carbocycles. The Morgan fingerprint density at radius 1 is 1.38 bits per heavy atom. The average Bonchev–Trinajstić information content (AvgIpc) is 2.41. The van der Waals surface area contributed by atoms with Gasteiger partial charge in [-0.3, -0.25) is 0 Å². The fourth-order valence-electron chi connectivity index (χ4n) is 2.26. The Kier molecular flexibility index (Phi) is 3.29. The van der Waals surface area contributed by atoms with E-state index >= 15 is 0 Å². The van der Waals surface area contributed by atoms with Gasteiger partial charge in [-0.15, -0.1) is 0 Å². The molecule has 0 saturated heterocycles. The number of fused-ring (bicyclic) bond motifs is 1. The molecule has 3 nitrogen and oxygen atoms in total. The first-order valence-electron chi connectivity index (χ1n) is 5.68. The van der Waals surface area contributed by atoms with E-state index < -0.39 is 0 Å². The molecule has 4 heteroatoms. The summed E-state index contributed by atoms with van der Waals surface area (Å²) in [5, 5.41) is 0. The average molecular weight is 223 g/mol. The van der Waals surface area contributed by atoms with E-state index in [1.54, 1.807) is 6.07 Å². The molecule has 0 saturated carbocycles. The maximum absolute atomic E-state index is 13.8. The van der Waals surface area contributed by atoms with Crippen LogP contribution in [0.2, 0.25) is 0 Å². The number of nitrogens with zero attached hydrogens (tertiary/aromatic N) is 2. The molecule has 1 aromatic rings. The van der Waals surface area contributed by atoms with Crippen molar-refractivity contribution in [3.63, 3.8) is 0 Å². The number of para-hydroxylation sites is 1. The minimum absolute atomic E-state index is 0.149. The number of halogens is 1. The number of nitrogens with two attached hydrogens (primary N) is 1. The molecule has 0 amide bonds. The zero-order chi connectivity index (χ0) is 11.5. The van der Waals surface area contributed by atoms with Gasteiger partial charge >= 0.3 is 0 Å². The molecule has 1 aliphatic rings. The Morgan fingerprint density at radius 2 is 2.19 bits per heavy atom. The lowest BCUT2D eigenvalue weighted by atomic mass is 10.2. The lowest BCUT2D eigenvalue weighted by Gasteiger charge is -2.25. The molecule has 0 aromatic heterocycles. The van der Waals surface area contributed by atoms with Crippen LogP contribution in [-0.2, 0) is 0 Å². The fourth-order valence-corrected chi connectivity index (χ4v) is 2.26. The highest BCUT2D eigenvalue weighted by atomic mass is 19.1. The van der Waals surface area contributed by atoms with Crippen LogP contribution in [0.15, 0.2) is 18.2 Å². The van der Waals surface area contributed by atoms with Crippen molar-refractivity contribution in [1.82, 2.24) is 0 Å². The highest BCUT2D eigenvalue weighted by Crippen LogP contribution is 2.33. The van der Waals surface area contributed by atoms with Gasteiger partial charge in [0.1, 0.15) is 5.82 Å². The van der Waals surface area contributed by atoms with E-state index in [1.165, 1.54) is 6.07 Å². The van der Waals surface area contributed by atoms with Gasteiger partial charge < -0.3 is 15.5 Å². The van der Waals surface area contributed by atoms with Gasteiger partial charge in [0.15, 0.2) is 0 Å². The molecule has 16 heavy (non-hydrogen) atoms. The standard InChI is InChI=1S/C12H18FN3/c1-15-7-3-8-16(9-6-14)11-5-2-4-10(13)12(11)15/h2,4-5H,3,6-9,14H2,1H3. The van der Waals surface area contributed by atoms with Gasteiger partial charge in [-0.2, -0.15) is 0 Å². The fraction of sp³-hybridized carbons (Fsp3) is 0.500. The number of hydrogen-bond donors (Lipinski definition) is 1. The molecule has 1 aliphatic heterocycles. The van der Waals surface area contributed by atoms with Crippen molar-refractivity contribution in [2.75, 3.05) is 43.0 Å². The van der Waals surface area contributed by atoms with Crippen molar-refractivity contribution in [1.29, 1.82) is 0 Å². The molecule has 0 aliphatic carbocycles. The van der Waals surface area contributed by atoms with Crippen molar-refractivity contribution in [3.8, 4) is 0 Å². The van der Waals surface area contributed by atoms with E-state index in [1.807, 2.05) is 18.0 Å². The Balaban J connectivity index is 2.43. The number of rotatable bonds is 2. The molecule has 88 valence electrons. The van der Waals surface area contributed by atoms with Crippen LogP contribution in [0.5, 0.6) is 0 Å². The predicted molar refractivity (Wildman–Crippen MR) is 65.6 cm³/mol. The van der Waals surface area contributed by atoms with Gasteiger partial charge in [-0.05, 0) is 18.6 Å². The quantitative estimate of drug-likeness (QED) is 0.823. The van der Waals surface area contributed by atoms with E-state index in [4.69, 9.17) is 5.73 Å².